The summed E-state index contributed by atoms with van der Waals surface area (Å²) in [6.07, 6.45) is 8.84. The molecule has 0 spiro atoms. The Labute approximate surface area is 203 Å². The molecule has 1 saturated heterocycles. The van der Waals surface area contributed by atoms with E-state index >= 15 is 0 Å². The minimum absolute atomic E-state index is 0.00648. The molecule has 3 aliphatic rings. The SMILES string of the molecule is C=CN1CC[C@@]23CCCC[C@]2(C)[C@@H]1Cc1cc(Nc2ccccc2NS(=O)(=O)CC)c(O)cc13. The third kappa shape index (κ3) is 3.47. The van der Waals surface area contributed by atoms with Crippen molar-refractivity contribution in [1.82, 2.24) is 4.90 Å². The number of fused-ring (bicyclic) bond motifs is 1. The first-order valence-electron chi connectivity index (χ1n) is 12.3. The molecule has 0 aromatic heterocycles. The van der Waals surface area contributed by atoms with Gasteiger partial charge in [0.15, 0.2) is 0 Å². The van der Waals surface area contributed by atoms with Crippen LogP contribution in [-0.2, 0) is 21.9 Å². The topological polar surface area (TPSA) is 81.7 Å². The van der Waals surface area contributed by atoms with E-state index in [1.54, 1.807) is 19.1 Å². The lowest BCUT2D eigenvalue weighted by molar-refractivity contribution is -0.0652. The van der Waals surface area contributed by atoms with Crippen molar-refractivity contribution in [3.63, 3.8) is 0 Å². The van der Waals surface area contributed by atoms with Crippen LogP contribution in [0.2, 0.25) is 0 Å². The fourth-order valence-corrected chi connectivity index (χ4v) is 7.60. The molecule has 1 aliphatic heterocycles. The van der Waals surface area contributed by atoms with Crippen LogP contribution >= 0.6 is 0 Å². The second-order valence-electron chi connectivity index (χ2n) is 10.3. The summed E-state index contributed by atoms with van der Waals surface area (Å²) >= 11 is 0. The van der Waals surface area contributed by atoms with E-state index in [9.17, 15) is 13.5 Å². The van der Waals surface area contributed by atoms with Crippen molar-refractivity contribution in [2.75, 3.05) is 22.3 Å². The van der Waals surface area contributed by atoms with Crippen molar-refractivity contribution in [1.29, 1.82) is 0 Å². The monoisotopic (exact) mass is 481 g/mol. The number of phenolic OH excluding ortho intramolecular Hbond substituents is 1. The highest BCUT2D eigenvalue weighted by molar-refractivity contribution is 7.92. The first-order chi connectivity index (χ1) is 16.2. The van der Waals surface area contributed by atoms with Crippen molar-refractivity contribution in [3.8, 4) is 5.75 Å². The number of anilines is 3. The number of benzene rings is 2. The van der Waals surface area contributed by atoms with Crippen molar-refractivity contribution < 1.29 is 13.5 Å². The maximum absolute atomic E-state index is 12.2. The van der Waals surface area contributed by atoms with Gasteiger partial charge in [0.2, 0.25) is 10.0 Å². The third-order valence-corrected chi connectivity index (χ3v) is 10.1. The van der Waals surface area contributed by atoms with Gasteiger partial charge in [0.05, 0.1) is 22.8 Å². The lowest BCUT2D eigenvalue weighted by Crippen LogP contribution is -2.65. The smallest absolute Gasteiger partial charge is 0.232 e. The maximum atomic E-state index is 12.2. The van der Waals surface area contributed by atoms with Gasteiger partial charge < -0.3 is 15.3 Å². The summed E-state index contributed by atoms with van der Waals surface area (Å²) in [5.41, 5.74) is 4.49. The van der Waals surface area contributed by atoms with Crippen LogP contribution in [0.1, 0.15) is 57.1 Å². The molecule has 0 unspecified atom stereocenters. The van der Waals surface area contributed by atoms with E-state index in [1.165, 1.54) is 30.4 Å². The van der Waals surface area contributed by atoms with E-state index in [2.05, 4.69) is 34.5 Å². The van der Waals surface area contributed by atoms with Gasteiger partial charge in [-0.3, -0.25) is 4.72 Å². The van der Waals surface area contributed by atoms with Crippen molar-refractivity contribution in [2.45, 2.75) is 63.8 Å². The molecule has 3 N–H and O–H groups in total. The average molecular weight is 482 g/mol. The highest BCUT2D eigenvalue weighted by atomic mass is 32.2. The Kier molecular flexibility index (Phi) is 5.58. The average Bonchev–Trinajstić information content (AvgIpc) is 2.81. The summed E-state index contributed by atoms with van der Waals surface area (Å²) in [6.45, 7) is 9.17. The summed E-state index contributed by atoms with van der Waals surface area (Å²) < 4.78 is 27.0. The number of rotatable bonds is 6. The molecule has 3 atom stereocenters. The Hall–Kier alpha value is -2.67. The largest absolute Gasteiger partial charge is 0.506 e. The van der Waals surface area contributed by atoms with Gasteiger partial charge in [-0.05, 0) is 79.6 Å². The number of piperidine rings is 1. The zero-order valence-corrected chi connectivity index (χ0v) is 20.9. The molecule has 1 saturated carbocycles. The maximum Gasteiger partial charge on any atom is 0.232 e. The zero-order valence-electron chi connectivity index (χ0n) is 20.1. The van der Waals surface area contributed by atoms with E-state index in [4.69, 9.17) is 0 Å². The minimum atomic E-state index is -3.42. The van der Waals surface area contributed by atoms with Gasteiger partial charge in [-0.25, -0.2) is 8.42 Å². The van der Waals surface area contributed by atoms with Crippen LogP contribution in [0.5, 0.6) is 5.75 Å². The van der Waals surface area contributed by atoms with Gasteiger partial charge in [0.25, 0.3) is 0 Å². The number of hydrogen-bond acceptors (Lipinski definition) is 5. The van der Waals surface area contributed by atoms with Gasteiger partial charge in [-0.1, -0.05) is 38.5 Å². The van der Waals surface area contributed by atoms with Crippen molar-refractivity contribution in [3.05, 3.63) is 60.3 Å². The number of hydrogen-bond donors (Lipinski definition) is 3. The molecule has 1 heterocycles. The number of sulfonamides is 1. The van der Waals surface area contributed by atoms with Crippen molar-refractivity contribution in [2.24, 2.45) is 5.41 Å². The number of nitrogens with zero attached hydrogens (tertiary/aromatic N) is 1. The van der Waals surface area contributed by atoms with Gasteiger partial charge in [-0.2, -0.15) is 0 Å². The molecule has 0 radical (unpaired) electrons. The van der Waals surface area contributed by atoms with Gasteiger partial charge in [0.1, 0.15) is 5.75 Å². The first-order valence-corrected chi connectivity index (χ1v) is 14.0. The number of likely N-dealkylation sites (tertiary alicyclic amines) is 1. The molecular formula is C27H35N3O3S. The Morgan fingerprint density at radius 3 is 2.62 bits per heavy atom. The number of nitrogens with one attached hydrogen (secondary N) is 2. The first kappa shape index (κ1) is 23.1. The van der Waals surface area contributed by atoms with Crippen LogP contribution in [0.25, 0.3) is 0 Å². The molecule has 2 bridgehead atoms. The summed E-state index contributed by atoms with van der Waals surface area (Å²) in [4.78, 5) is 2.43. The van der Waals surface area contributed by atoms with Crippen LogP contribution in [0.15, 0.2) is 49.2 Å². The third-order valence-electron chi connectivity index (χ3n) is 8.80. The van der Waals surface area contributed by atoms with Crippen LogP contribution in [0, 0.1) is 5.41 Å². The molecule has 6 nitrogen and oxygen atoms in total. The predicted octanol–water partition coefficient (Wildman–Crippen LogP) is 5.49. The molecule has 182 valence electrons. The molecule has 5 rings (SSSR count). The van der Waals surface area contributed by atoms with Gasteiger partial charge >= 0.3 is 0 Å². The number of phenols is 1. The zero-order chi connectivity index (χ0) is 24.1. The lowest BCUT2D eigenvalue weighted by atomic mass is 9.44. The van der Waals surface area contributed by atoms with Crippen molar-refractivity contribution >= 4 is 27.1 Å². The van der Waals surface area contributed by atoms with Crippen LogP contribution in [0.3, 0.4) is 0 Å². The van der Waals surface area contributed by atoms with Crippen LogP contribution in [-0.4, -0.2) is 36.8 Å². The molecule has 7 heteroatoms. The highest BCUT2D eigenvalue weighted by Gasteiger charge is 2.60. The minimum Gasteiger partial charge on any atom is -0.506 e. The van der Waals surface area contributed by atoms with Crippen LogP contribution in [0.4, 0.5) is 17.1 Å². The number of aromatic hydroxyl groups is 1. The quantitative estimate of drug-likeness (QED) is 0.476. The van der Waals surface area contributed by atoms with Crippen LogP contribution < -0.4 is 10.0 Å². The van der Waals surface area contributed by atoms with Gasteiger partial charge in [0, 0.05) is 18.0 Å². The second-order valence-corrected chi connectivity index (χ2v) is 12.3. The van der Waals surface area contributed by atoms with Gasteiger partial charge in [-0.15, -0.1) is 0 Å². The molecule has 0 amide bonds. The van der Waals surface area contributed by atoms with E-state index in [1.807, 2.05) is 24.4 Å². The Morgan fingerprint density at radius 1 is 1.15 bits per heavy atom. The Bertz CT molecular complexity index is 1230. The Balaban J connectivity index is 1.56. The standard InChI is InChI=1S/C27H35N3O3S/c1-4-30-15-14-27-13-9-8-12-26(27,3)25(30)17-19-16-23(24(31)18-20(19)27)28-21-10-6-7-11-22(21)29-34(32,33)5-2/h4,6-7,10-11,16,18,25,28-29,31H,1,5,8-9,12-15,17H2,2-3H3/t25-,26+,27+/m0/s1. The normalized spacial score (nSPS) is 27.9. The summed E-state index contributed by atoms with van der Waals surface area (Å²) in [7, 11) is -3.42. The summed E-state index contributed by atoms with van der Waals surface area (Å²) in [5.74, 6) is 0.201. The number of para-hydroxylation sites is 2. The molecule has 34 heavy (non-hydrogen) atoms. The summed E-state index contributed by atoms with van der Waals surface area (Å²) in [5, 5.41) is 14.4. The fourth-order valence-electron chi connectivity index (χ4n) is 6.94. The molecule has 2 aliphatic carbocycles. The summed E-state index contributed by atoms with van der Waals surface area (Å²) in [6, 6.07) is 11.6. The highest BCUT2D eigenvalue weighted by Crippen LogP contribution is 2.63. The lowest BCUT2D eigenvalue weighted by Gasteiger charge is -2.65. The Morgan fingerprint density at radius 2 is 1.88 bits per heavy atom. The van der Waals surface area contributed by atoms with E-state index in [0.29, 0.717) is 23.1 Å². The fraction of sp³-hybridized carbons (Fsp3) is 0.481. The second kappa shape index (κ2) is 8.22. The van der Waals surface area contributed by atoms with E-state index in [-0.39, 0.29) is 22.3 Å². The predicted molar refractivity (Wildman–Crippen MR) is 138 cm³/mol. The molecular weight excluding hydrogens is 446 g/mol. The van der Waals surface area contributed by atoms with E-state index < -0.39 is 10.0 Å². The molecule has 2 aromatic carbocycles. The molecule has 2 aromatic rings. The van der Waals surface area contributed by atoms with E-state index in [0.717, 1.165) is 25.8 Å². The molecule has 2 fully saturated rings.